The van der Waals surface area contributed by atoms with Crippen molar-refractivity contribution in [3.63, 3.8) is 0 Å². The van der Waals surface area contributed by atoms with Crippen LogP contribution in [0.15, 0.2) is 18.2 Å². The van der Waals surface area contributed by atoms with Crippen LogP contribution in [0.5, 0.6) is 0 Å². The first-order valence-corrected chi connectivity index (χ1v) is 9.27. The maximum absolute atomic E-state index is 12.9. The van der Waals surface area contributed by atoms with Crippen LogP contribution in [0.3, 0.4) is 0 Å². The van der Waals surface area contributed by atoms with Crippen molar-refractivity contribution >= 4 is 17.3 Å². The number of benzene rings is 1. The Morgan fingerprint density at radius 2 is 1.92 bits per heavy atom. The lowest BCUT2D eigenvalue weighted by Gasteiger charge is -2.33. The number of halogens is 3. The van der Waals surface area contributed by atoms with E-state index in [-0.39, 0.29) is 25.4 Å². The van der Waals surface area contributed by atoms with Crippen LogP contribution in [-0.2, 0) is 4.79 Å². The van der Waals surface area contributed by atoms with Crippen molar-refractivity contribution in [1.82, 2.24) is 4.90 Å². The number of anilines is 2. The molecule has 1 aromatic rings. The van der Waals surface area contributed by atoms with Crippen LogP contribution in [0.2, 0.25) is 0 Å². The molecular weight excluding hydrogens is 343 g/mol. The Morgan fingerprint density at radius 1 is 1.19 bits per heavy atom. The molecule has 1 amide bonds. The van der Waals surface area contributed by atoms with E-state index in [9.17, 15) is 18.0 Å². The molecule has 26 heavy (non-hydrogen) atoms. The van der Waals surface area contributed by atoms with Gasteiger partial charge in [0.1, 0.15) is 0 Å². The van der Waals surface area contributed by atoms with Gasteiger partial charge in [0.15, 0.2) is 0 Å². The van der Waals surface area contributed by atoms with E-state index < -0.39 is 12.1 Å². The minimum absolute atomic E-state index is 0.000103. The summed E-state index contributed by atoms with van der Waals surface area (Å²) in [6.07, 6.45) is -1.16. The molecule has 7 heteroatoms. The van der Waals surface area contributed by atoms with E-state index >= 15 is 0 Å². The average Bonchev–Trinajstić information content (AvgIpc) is 3.10. The van der Waals surface area contributed by atoms with E-state index in [0.29, 0.717) is 13.0 Å². The third-order valence-electron chi connectivity index (χ3n) is 5.29. The second-order valence-electron chi connectivity index (χ2n) is 7.36. The third kappa shape index (κ3) is 4.69. The highest BCUT2D eigenvalue weighted by molar-refractivity contribution is 5.93. The summed E-state index contributed by atoms with van der Waals surface area (Å²) in [6, 6.07) is 5.94. The van der Waals surface area contributed by atoms with Gasteiger partial charge in [-0.1, -0.05) is 0 Å². The summed E-state index contributed by atoms with van der Waals surface area (Å²) in [6.45, 7) is 4.49. The maximum atomic E-state index is 12.9. The van der Waals surface area contributed by atoms with E-state index in [1.54, 1.807) is 4.90 Å². The molecule has 0 bridgehead atoms. The zero-order valence-corrected chi connectivity index (χ0v) is 15.1. The van der Waals surface area contributed by atoms with Crippen LogP contribution in [0.4, 0.5) is 24.5 Å². The molecule has 0 spiro atoms. The lowest BCUT2D eigenvalue weighted by Crippen LogP contribution is -2.44. The summed E-state index contributed by atoms with van der Waals surface area (Å²) >= 11 is 0. The fourth-order valence-electron chi connectivity index (χ4n) is 3.82. The fourth-order valence-corrected chi connectivity index (χ4v) is 3.82. The summed E-state index contributed by atoms with van der Waals surface area (Å²) in [4.78, 5) is 16.2. The summed E-state index contributed by atoms with van der Waals surface area (Å²) in [7, 11) is 0. The van der Waals surface area contributed by atoms with Gasteiger partial charge in [-0.2, -0.15) is 13.2 Å². The Labute approximate surface area is 152 Å². The molecule has 4 nitrogen and oxygen atoms in total. The zero-order valence-electron chi connectivity index (χ0n) is 15.1. The Morgan fingerprint density at radius 3 is 2.58 bits per heavy atom. The van der Waals surface area contributed by atoms with E-state index in [1.807, 2.05) is 19.1 Å². The number of hydrogen-bond acceptors (Lipinski definition) is 3. The molecule has 0 saturated carbocycles. The lowest BCUT2D eigenvalue weighted by molar-refractivity contribution is -0.186. The molecule has 2 heterocycles. The second kappa shape index (κ2) is 7.86. The largest absolute Gasteiger partial charge is 0.393 e. The van der Waals surface area contributed by atoms with Gasteiger partial charge in [0.2, 0.25) is 5.91 Å². The number of hydrogen-bond donors (Lipinski definition) is 1. The number of carbonyl (C=O) groups is 1. The van der Waals surface area contributed by atoms with Crippen LogP contribution >= 0.6 is 0 Å². The monoisotopic (exact) mass is 369 g/mol. The van der Waals surface area contributed by atoms with Crippen LogP contribution in [0, 0.1) is 12.8 Å². The summed E-state index contributed by atoms with van der Waals surface area (Å²) < 4.78 is 38.7. The van der Waals surface area contributed by atoms with E-state index in [0.717, 1.165) is 30.0 Å². The quantitative estimate of drug-likeness (QED) is 0.877. The molecule has 2 fully saturated rings. The number of alkyl halides is 3. The Kier molecular flexibility index (Phi) is 5.75. The van der Waals surface area contributed by atoms with Gasteiger partial charge in [-0.25, -0.2) is 0 Å². The Balaban J connectivity index is 1.56. The summed E-state index contributed by atoms with van der Waals surface area (Å²) in [5, 5.41) is 2.85. The Bertz CT molecular complexity index is 641. The van der Waals surface area contributed by atoms with Gasteiger partial charge in [0.05, 0.1) is 12.5 Å². The zero-order chi connectivity index (χ0) is 18.7. The number of nitrogens with zero attached hydrogens (tertiary/aromatic N) is 2. The molecule has 0 radical (unpaired) electrons. The molecular formula is C19H26F3N3O. The highest BCUT2D eigenvalue weighted by atomic mass is 19.4. The van der Waals surface area contributed by atoms with E-state index in [2.05, 4.69) is 16.3 Å². The minimum atomic E-state index is -4.18. The van der Waals surface area contributed by atoms with Crippen molar-refractivity contribution in [2.24, 2.45) is 5.92 Å². The van der Waals surface area contributed by atoms with Crippen LogP contribution in [0.1, 0.15) is 31.2 Å². The molecule has 1 unspecified atom stereocenters. The molecule has 3 rings (SSSR count). The molecule has 0 aliphatic carbocycles. The predicted octanol–water partition coefficient (Wildman–Crippen LogP) is 3.81. The smallest absolute Gasteiger partial charge is 0.372 e. The van der Waals surface area contributed by atoms with Crippen LogP contribution in [0.25, 0.3) is 0 Å². The van der Waals surface area contributed by atoms with Crippen LogP contribution in [-0.4, -0.2) is 49.7 Å². The molecule has 2 aliphatic rings. The van der Waals surface area contributed by atoms with E-state index in [4.69, 9.17) is 0 Å². The molecule has 2 aliphatic heterocycles. The first kappa shape index (κ1) is 19.0. The normalized spacial score (nSPS) is 21.8. The molecule has 1 atom stereocenters. The standard InChI is InChI=1S/C19H26F3N3O/c1-14-11-16(25-9-2-3-10-25)6-7-17(14)23-18(26)13-24-8-4-5-15(12-24)19(20,21)22/h6-7,11,15H,2-5,8-10,12-13H2,1H3,(H,23,26). The summed E-state index contributed by atoms with van der Waals surface area (Å²) in [5.74, 6) is -1.59. The van der Waals surface area contributed by atoms with Crippen molar-refractivity contribution in [3.05, 3.63) is 23.8 Å². The number of piperidine rings is 1. The van der Waals surface area contributed by atoms with Gasteiger partial charge in [0, 0.05) is 31.0 Å². The number of rotatable bonds is 4. The van der Waals surface area contributed by atoms with Crippen LogP contribution < -0.4 is 10.2 Å². The van der Waals surface area contributed by atoms with Gasteiger partial charge < -0.3 is 10.2 Å². The van der Waals surface area contributed by atoms with Gasteiger partial charge >= 0.3 is 6.18 Å². The first-order valence-electron chi connectivity index (χ1n) is 9.27. The fraction of sp³-hybridized carbons (Fsp3) is 0.632. The molecule has 1 N–H and O–H groups in total. The second-order valence-corrected chi connectivity index (χ2v) is 7.36. The van der Waals surface area contributed by atoms with Crippen molar-refractivity contribution in [3.8, 4) is 0 Å². The number of likely N-dealkylation sites (tertiary alicyclic amines) is 1. The van der Waals surface area contributed by atoms with Crippen molar-refractivity contribution < 1.29 is 18.0 Å². The van der Waals surface area contributed by atoms with Gasteiger partial charge in [-0.3, -0.25) is 9.69 Å². The van der Waals surface area contributed by atoms with Crippen molar-refractivity contribution in [2.75, 3.05) is 42.9 Å². The Hall–Kier alpha value is -1.76. The maximum Gasteiger partial charge on any atom is 0.393 e. The molecule has 0 aromatic heterocycles. The SMILES string of the molecule is Cc1cc(N2CCCC2)ccc1NC(=O)CN1CCCC(C(F)(F)F)C1. The lowest BCUT2D eigenvalue weighted by atomic mass is 9.97. The van der Waals surface area contributed by atoms with Gasteiger partial charge in [-0.05, 0) is 62.9 Å². The van der Waals surface area contributed by atoms with Crippen molar-refractivity contribution in [1.29, 1.82) is 0 Å². The number of carbonyl (C=O) groups excluding carboxylic acids is 1. The van der Waals surface area contributed by atoms with E-state index in [1.165, 1.54) is 12.8 Å². The topological polar surface area (TPSA) is 35.6 Å². The molecule has 2 saturated heterocycles. The minimum Gasteiger partial charge on any atom is -0.372 e. The third-order valence-corrected chi connectivity index (χ3v) is 5.29. The highest BCUT2D eigenvalue weighted by Gasteiger charge is 2.41. The molecule has 144 valence electrons. The van der Waals surface area contributed by atoms with Gasteiger partial charge in [-0.15, -0.1) is 0 Å². The molecule has 1 aromatic carbocycles. The van der Waals surface area contributed by atoms with Gasteiger partial charge in [0.25, 0.3) is 0 Å². The predicted molar refractivity (Wildman–Crippen MR) is 96.5 cm³/mol. The first-order chi connectivity index (χ1) is 12.3. The number of amides is 1. The highest BCUT2D eigenvalue weighted by Crippen LogP contribution is 2.33. The number of aryl methyl sites for hydroxylation is 1. The summed E-state index contributed by atoms with van der Waals surface area (Å²) in [5.41, 5.74) is 2.85. The number of nitrogens with one attached hydrogen (secondary N) is 1. The van der Waals surface area contributed by atoms with Crippen molar-refractivity contribution in [2.45, 2.75) is 38.8 Å². The average molecular weight is 369 g/mol.